The van der Waals surface area contributed by atoms with Gasteiger partial charge in [-0.05, 0) is 82.8 Å². The number of amides is 1. The molecule has 1 aliphatic carbocycles. The summed E-state index contributed by atoms with van der Waals surface area (Å²) in [5.41, 5.74) is 4.80. The Labute approximate surface area is 245 Å². The highest BCUT2D eigenvalue weighted by atomic mass is 16.5. The third-order valence-corrected chi connectivity index (χ3v) is 9.45. The van der Waals surface area contributed by atoms with Crippen LogP contribution in [-0.4, -0.2) is 72.6 Å². The maximum absolute atomic E-state index is 13.6. The molecule has 41 heavy (non-hydrogen) atoms. The van der Waals surface area contributed by atoms with Gasteiger partial charge in [-0.15, -0.1) is 10.2 Å². The van der Waals surface area contributed by atoms with E-state index >= 15 is 0 Å². The van der Waals surface area contributed by atoms with Crippen molar-refractivity contribution in [3.8, 4) is 5.88 Å². The summed E-state index contributed by atoms with van der Waals surface area (Å²) in [6, 6.07) is 9.52. The molecule has 0 unspecified atom stereocenters. The van der Waals surface area contributed by atoms with Crippen LogP contribution >= 0.6 is 0 Å². The Morgan fingerprint density at radius 1 is 0.976 bits per heavy atom. The molecule has 4 atom stereocenters. The Hall–Kier alpha value is -2.55. The van der Waals surface area contributed by atoms with Crippen LogP contribution in [0.15, 0.2) is 24.3 Å². The van der Waals surface area contributed by atoms with Crippen molar-refractivity contribution in [2.45, 2.75) is 115 Å². The molecule has 1 N–H and O–H groups in total. The van der Waals surface area contributed by atoms with Gasteiger partial charge in [0.2, 0.25) is 5.88 Å². The molecule has 1 aromatic carbocycles. The molecule has 1 aromatic heterocycles. The predicted molar refractivity (Wildman–Crippen MR) is 159 cm³/mol. The molecular formula is C33H48N4O4. The molecule has 8 heteroatoms. The van der Waals surface area contributed by atoms with Crippen LogP contribution in [0.1, 0.15) is 103 Å². The highest BCUT2D eigenvalue weighted by Gasteiger charge is 2.32. The fourth-order valence-corrected chi connectivity index (χ4v) is 6.91. The minimum atomic E-state index is -0.0295. The van der Waals surface area contributed by atoms with E-state index in [1.165, 1.54) is 30.4 Å². The van der Waals surface area contributed by atoms with Crippen molar-refractivity contribution in [1.82, 2.24) is 20.4 Å². The van der Waals surface area contributed by atoms with Gasteiger partial charge in [-0.3, -0.25) is 4.79 Å². The fraction of sp³-hybridized carbons (Fsp3) is 0.667. The molecule has 0 radical (unpaired) electrons. The zero-order valence-corrected chi connectivity index (χ0v) is 25.4. The van der Waals surface area contributed by atoms with E-state index in [2.05, 4.69) is 46.7 Å². The fourth-order valence-electron chi connectivity index (χ4n) is 6.91. The summed E-state index contributed by atoms with van der Waals surface area (Å²) in [6.07, 6.45) is 12.1. The number of aryl methyl sites for hydroxylation is 1. The Bertz CT molecular complexity index is 1150. The number of benzene rings is 1. The lowest BCUT2D eigenvalue weighted by Crippen LogP contribution is -2.52. The number of hydrogen-bond donors (Lipinski definition) is 1. The van der Waals surface area contributed by atoms with Crippen LogP contribution in [0.4, 0.5) is 0 Å². The number of ether oxygens (including phenoxy) is 3. The maximum Gasteiger partial charge on any atom is 0.274 e. The number of piperidine rings is 1. The van der Waals surface area contributed by atoms with E-state index in [0.717, 1.165) is 75.6 Å². The number of nitrogens with one attached hydrogen (secondary N) is 1. The first kappa shape index (κ1) is 29.9. The van der Waals surface area contributed by atoms with Gasteiger partial charge < -0.3 is 24.4 Å². The van der Waals surface area contributed by atoms with Crippen LogP contribution in [0, 0.1) is 13.8 Å². The van der Waals surface area contributed by atoms with Crippen molar-refractivity contribution in [3.05, 3.63) is 52.2 Å². The number of methoxy groups -OCH3 is 2. The zero-order valence-electron chi connectivity index (χ0n) is 25.4. The zero-order chi connectivity index (χ0) is 28.8. The van der Waals surface area contributed by atoms with Gasteiger partial charge >= 0.3 is 0 Å². The highest BCUT2D eigenvalue weighted by molar-refractivity contribution is 5.94. The van der Waals surface area contributed by atoms with Crippen LogP contribution < -0.4 is 10.1 Å². The van der Waals surface area contributed by atoms with Gasteiger partial charge in [0.05, 0.1) is 25.4 Å². The minimum Gasteiger partial charge on any atom is -0.480 e. The Morgan fingerprint density at radius 2 is 1.73 bits per heavy atom. The third kappa shape index (κ3) is 7.27. The van der Waals surface area contributed by atoms with Crippen molar-refractivity contribution >= 4 is 5.91 Å². The van der Waals surface area contributed by atoms with Crippen molar-refractivity contribution in [2.75, 3.05) is 27.3 Å². The molecule has 8 nitrogen and oxygen atoms in total. The van der Waals surface area contributed by atoms with Crippen LogP contribution in [0.25, 0.3) is 0 Å². The van der Waals surface area contributed by atoms with Crippen molar-refractivity contribution in [2.24, 2.45) is 0 Å². The minimum absolute atomic E-state index is 0.0295. The summed E-state index contributed by atoms with van der Waals surface area (Å²) in [5.74, 6) is 0.478. The largest absolute Gasteiger partial charge is 0.480 e. The van der Waals surface area contributed by atoms with Gasteiger partial charge in [0, 0.05) is 37.8 Å². The second kappa shape index (κ2) is 14.1. The second-order valence-electron chi connectivity index (χ2n) is 12.2. The summed E-state index contributed by atoms with van der Waals surface area (Å²) >= 11 is 0. The second-order valence-corrected chi connectivity index (χ2v) is 12.2. The molecule has 0 bridgehead atoms. The third-order valence-electron chi connectivity index (χ3n) is 9.45. The lowest BCUT2D eigenvalue weighted by atomic mass is 9.90. The number of rotatable bonds is 9. The molecule has 2 aromatic rings. The van der Waals surface area contributed by atoms with Gasteiger partial charge in [0.15, 0.2) is 5.69 Å². The molecule has 1 amide bonds. The number of aromatic nitrogens is 2. The molecule has 3 aliphatic rings. The Kier molecular flexibility index (Phi) is 10.3. The topological polar surface area (TPSA) is 85.8 Å². The van der Waals surface area contributed by atoms with Gasteiger partial charge in [-0.25, -0.2) is 0 Å². The first-order valence-electron chi connectivity index (χ1n) is 15.7. The number of carbonyl (C=O) groups excluding carboxylic acids is 1. The Balaban J connectivity index is 1.19. The average molecular weight is 565 g/mol. The summed E-state index contributed by atoms with van der Waals surface area (Å²) < 4.78 is 17.9. The van der Waals surface area contributed by atoms with E-state index in [-0.39, 0.29) is 18.1 Å². The molecule has 0 spiro atoms. The highest BCUT2D eigenvalue weighted by Crippen LogP contribution is 2.34. The summed E-state index contributed by atoms with van der Waals surface area (Å²) in [5, 5.41) is 12.5. The first-order valence-corrected chi connectivity index (χ1v) is 15.7. The molecule has 1 saturated carbocycles. The van der Waals surface area contributed by atoms with E-state index in [1.54, 1.807) is 7.11 Å². The number of carbonyl (C=O) groups is 1. The monoisotopic (exact) mass is 564 g/mol. The first-order chi connectivity index (χ1) is 20.0. The predicted octanol–water partition coefficient (Wildman–Crippen LogP) is 5.50. The van der Waals surface area contributed by atoms with Gasteiger partial charge in [-0.1, -0.05) is 42.7 Å². The number of likely N-dealkylation sites (tertiary alicyclic amines) is 1. The average Bonchev–Trinajstić information content (AvgIpc) is 3.01. The van der Waals surface area contributed by atoms with Crippen molar-refractivity contribution in [1.29, 1.82) is 0 Å². The molecule has 5 rings (SSSR count). The van der Waals surface area contributed by atoms with Crippen molar-refractivity contribution < 1.29 is 19.0 Å². The summed E-state index contributed by atoms with van der Waals surface area (Å²) in [4.78, 5) is 15.6. The van der Waals surface area contributed by atoms with Crippen LogP contribution in [0.5, 0.6) is 5.88 Å². The number of hydrogen-bond acceptors (Lipinski definition) is 7. The lowest BCUT2D eigenvalue weighted by Gasteiger charge is -2.38. The standard InChI is InChI=1S/C33H48N4O4/c1-22-12-14-24(15-13-22)29-11-7-8-26(41-29)16-17-27-23(2)31(35-36-32(27)40-4)33(38)37-20-18-25(19-21-37)34-28-9-5-6-10-30(28)39-3/h12-15,25-26,28-30,34H,5-11,16-21H2,1-4H3/t26-,28-,29+,30+/m1/s1. The molecule has 224 valence electrons. The van der Waals surface area contributed by atoms with E-state index in [4.69, 9.17) is 14.2 Å². The van der Waals surface area contributed by atoms with Gasteiger partial charge in [0.1, 0.15) is 0 Å². The lowest BCUT2D eigenvalue weighted by molar-refractivity contribution is -0.0546. The normalized spacial score (nSPS) is 25.7. The van der Waals surface area contributed by atoms with Crippen LogP contribution in [0.2, 0.25) is 0 Å². The van der Waals surface area contributed by atoms with Crippen molar-refractivity contribution in [3.63, 3.8) is 0 Å². The Morgan fingerprint density at radius 3 is 2.46 bits per heavy atom. The van der Waals surface area contributed by atoms with E-state index < -0.39 is 0 Å². The maximum atomic E-state index is 13.6. The van der Waals surface area contributed by atoms with Gasteiger partial charge in [0.25, 0.3) is 5.91 Å². The van der Waals surface area contributed by atoms with Crippen LogP contribution in [0.3, 0.4) is 0 Å². The number of nitrogens with zero attached hydrogens (tertiary/aromatic N) is 3. The van der Waals surface area contributed by atoms with E-state index in [9.17, 15) is 4.79 Å². The summed E-state index contributed by atoms with van der Waals surface area (Å²) in [7, 11) is 3.44. The van der Waals surface area contributed by atoms with E-state index in [1.807, 2.05) is 18.9 Å². The molecule has 3 heterocycles. The smallest absolute Gasteiger partial charge is 0.274 e. The SMILES string of the molecule is COc1nnc(C(=O)N2CCC(N[C@@H]3CCCC[C@@H]3OC)CC2)c(C)c1CC[C@H]1CCC[C@@H](c2ccc(C)cc2)O1. The quantitative estimate of drug-likeness (QED) is 0.431. The molecule has 2 saturated heterocycles. The van der Waals surface area contributed by atoms with Gasteiger partial charge in [-0.2, -0.15) is 0 Å². The molecular weight excluding hydrogens is 516 g/mol. The summed E-state index contributed by atoms with van der Waals surface area (Å²) in [6.45, 7) is 5.54. The van der Waals surface area contributed by atoms with E-state index in [0.29, 0.717) is 29.8 Å². The molecule has 2 aliphatic heterocycles. The van der Waals surface area contributed by atoms with Crippen LogP contribution in [-0.2, 0) is 15.9 Å². The molecule has 3 fully saturated rings.